The monoisotopic (exact) mass is 246 g/mol. The van der Waals surface area contributed by atoms with E-state index in [9.17, 15) is 9.90 Å². The second kappa shape index (κ2) is 5.13. The normalized spacial score (nSPS) is 18.6. The van der Waals surface area contributed by atoms with Crippen molar-refractivity contribution >= 4 is 5.97 Å². The first kappa shape index (κ1) is 13.1. The number of aliphatic carboxylic acids is 1. The number of hydrogen-bond acceptors (Lipinski definition) is 1. The highest BCUT2D eigenvalue weighted by Crippen LogP contribution is 2.40. The Morgan fingerprint density at radius 1 is 1.22 bits per heavy atom. The lowest BCUT2D eigenvalue weighted by Gasteiger charge is -2.33. The van der Waals surface area contributed by atoms with Gasteiger partial charge in [0.2, 0.25) is 0 Å². The van der Waals surface area contributed by atoms with Gasteiger partial charge in [0.25, 0.3) is 0 Å². The SMILES string of the molecule is Cc1ccc(C)c(CC2(C(=O)O)CCCCC2)c1. The summed E-state index contributed by atoms with van der Waals surface area (Å²) in [5.41, 5.74) is 3.12. The summed E-state index contributed by atoms with van der Waals surface area (Å²) in [6, 6.07) is 6.34. The maximum Gasteiger partial charge on any atom is 0.309 e. The van der Waals surface area contributed by atoms with E-state index in [1.807, 2.05) is 0 Å². The molecular weight excluding hydrogens is 224 g/mol. The van der Waals surface area contributed by atoms with E-state index >= 15 is 0 Å². The van der Waals surface area contributed by atoms with Gasteiger partial charge in [0.15, 0.2) is 0 Å². The Labute approximate surface area is 109 Å². The minimum atomic E-state index is -0.608. The highest BCUT2D eigenvalue weighted by atomic mass is 16.4. The molecule has 0 aromatic heterocycles. The first-order valence-corrected chi connectivity index (χ1v) is 6.83. The third-order valence-corrected chi connectivity index (χ3v) is 4.30. The molecule has 2 heteroatoms. The highest BCUT2D eigenvalue weighted by molar-refractivity contribution is 5.75. The van der Waals surface area contributed by atoms with Crippen LogP contribution in [0.4, 0.5) is 0 Å². The van der Waals surface area contributed by atoms with E-state index in [0.29, 0.717) is 6.42 Å². The molecule has 0 atom stereocenters. The van der Waals surface area contributed by atoms with Crippen LogP contribution in [0.1, 0.15) is 48.8 Å². The summed E-state index contributed by atoms with van der Waals surface area (Å²) in [6.45, 7) is 4.14. The molecule has 1 aromatic rings. The van der Waals surface area contributed by atoms with Gasteiger partial charge in [-0.2, -0.15) is 0 Å². The average molecular weight is 246 g/mol. The minimum absolute atomic E-state index is 0.517. The van der Waals surface area contributed by atoms with Crippen LogP contribution in [0.2, 0.25) is 0 Å². The molecule has 0 spiro atoms. The smallest absolute Gasteiger partial charge is 0.309 e. The number of rotatable bonds is 3. The summed E-state index contributed by atoms with van der Waals surface area (Å²) < 4.78 is 0. The zero-order chi connectivity index (χ0) is 13.2. The van der Waals surface area contributed by atoms with Crippen molar-refractivity contribution in [1.82, 2.24) is 0 Å². The van der Waals surface area contributed by atoms with Gasteiger partial charge < -0.3 is 5.11 Å². The van der Waals surface area contributed by atoms with Crippen LogP contribution in [-0.4, -0.2) is 11.1 Å². The summed E-state index contributed by atoms with van der Waals surface area (Å²) in [5.74, 6) is -0.608. The molecule has 1 fully saturated rings. The van der Waals surface area contributed by atoms with Crippen molar-refractivity contribution < 1.29 is 9.90 Å². The molecule has 2 rings (SSSR count). The predicted octanol–water partition coefficient (Wildman–Crippen LogP) is 3.88. The molecule has 0 bridgehead atoms. The van der Waals surface area contributed by atoms with E-state index in [4.69, 9.17) is 0 Å². The fraction of sp³-hybridized carbons (Fsp3) is 0.562. The lowest BCUT2D eigenvalue weighted by atomic mass is 9.70. The number of aryl methyl sites for hydroxylation is 2. The Kier molecular flexibility index (Phi) is 3.74. The van der Waals surface area contributed by atoms with Gasteiger partial charge in [-0.15, -0.1) is 0 Å². The van der Waals surface area contributed by atoms with Crippen molar-refractivity contribution in [3.8, 4) is 0 Å². The molecule has 1 aliphatic carbocycles. The van der Waals surface area contributed by atoms with Crippen molar-refractivity contribution in [2.24, 2.45) is 5.41 Å². The van der Waals surface area contributed by atoms with E-state index < -0.39 is 11.4 Å². The van der Waals surface area contributed by atoms with E-state index in [0.717, 1.165) is 25.7 Å². The van der Waals surface area contributed by atoms with Gasteiger partial charge in [0.05, 0.1) is 5.41 Å². The van der Waals surface area contributed by atoms with Gasteiger partial charge in [0.1, 0.15) is 0 Å². The van der Waals surface area contributed by atoms with Gasteiger partial charge in [-0.1, -0.05) is 43.0 Å². The number of carbonyl (C=O) groups is 1. The fourth-order valence-electron chi connectivity index (χ4n) is 3.05. The van der Waals surface area contributed by atoms with Crippen LogP contribution in [0, 0.1) is 19.3 Å². The molecular formula is C16H22O2. The second-order valence-electron chi connectivity index (χ2n) is 5.75. The summed E-state index contributed by atoms with van der Waals surface area (Å²) >= 11 is 0. The summed E-state index contributed by atoms with van der Waals surface area (Å²) in [5, 5.41) is 9.61. The quantitative estimate of drug-likeness (QED) is 0.878. The van der Waals surface area contributed by atoms with Gasteiger partial charge in [-0.05, 0) is 44.2 Å². The van der Waals surface area contributed by atoms with Crippen molar-refractivity contribution in [1.29, 1.82) is 0 Å². The Balaban J connectivity index is 2.28. The molecule has 1 N–H and O–H groups in total. The zero-order valence-electron chi connectivity index (χ0n) is 11.3. The van der Waals surface area contributed by atoms with Crippen molar-refractivity contribution in [2.75, 3.05) is 0 Å². The third-order valence-electron chi connectivity index (χ3n) is 4.30. The van der Waals surface area contributed by atoms with Crippen molar-refractivity contribution in [2.45, 2.75) is 52.4 Å². The molecule has 18 heavy (non-hydrogen) atoms. The summed E-state index contributed by atoms with van der Waals surface area (Å²) in [7, 11) is 0. The Bertz CT molecular complexity index is 442. The van der Waals surface area contributed by atoms with E-state index in [1.54, 1.807) is 0 Å². The van der Waals surface area contributed by atoms with Gasteiger partial charge >= 0.3 is 5.97 Å². The summed E-state index contributed by atoms with van der Waals surface area (Å²) in [6.07, 6.45) is 5.64. The first-order chi connectivity index (χ1) is 8.53. The molecule has 0 heterocycles. The molecule has 98 valence electrons. The molecule has 2 nitrogen and oxygen atoms in total. The largest absolute Gasteiger partial charge is 0.481 e. The zero-order valence-corrected chi connectivity index (χ0v) is 11.3. The van der Waals surface area contributed by atoms with Gasteiger partial charge in [-0.25, -0.2) is 0 Å². The molecule has 1 saturated carbocycles. The lowest BCUT2D eigenvalue weighted by Crippen LogP contribution is -2.35. The van der Waals surface area contributed by atoms with Gasteiger partial charge in [0, 0.05) is 0 Å². The highest BCUT2D eigenvalue weighted by Gasteiger charge is 2.39. The predicted molar refractivity (Wildman–Crippen MR) is 72.8 cm³/mol. The number of carboxylic acid groups (broad SMARTS) is 1. The second-order valence-corrected chi connectivity index (χ2v) is 5.75. The first-order valence-electron chi connectivity index (χ1n) is 6.83. The molecule has 0 saturated heterocycles. The van der Waals surface area contributed by atoms with Crippen LogP contribution >= 0.6 is 0 Å². The summed E-state index contributed by atoms with van der Waals surface area (Å²) in [4.78, 5) is 11.7. The Morgan fingerprint density at radius 3 is 2.50 bits per heavy atom. The fourth-order valence-corrected chi connectivity index (χ4v) is 3.05. The van der Waals surface area contributed by atoms with E-state index in [-0.39, 0.29) is 0 Å². The van der Waals surface area contributed by atoms with E-state index in [1.165, 1.54) is 23.1 Å². The van der Waals surface area contributed by atoms with Crippen molar-refractivity contribution in [3.05, 3.63) is 34.9 Å². The maximum absolute atomic E-state index is 11.7. The third kappa shape index (κ3) is 2.58. The number of carboxylic acids is 1. The van der Waals surface area contributed by atoms with Crippen molar-refractivity contribution in [3.63, 3.8) is 0 Å². The standard InChI is InChI=1S/C16H22O2/c1-12-6-7-13(2)14(10-12)11-16(15(17)18)8-4-3-5-9-16/h6-7,10H,3-5,8-9,11H2,1-2H3,(H,17,18). The molecule has 1 aromatic carbocycles. The molecule has 0 amide bonds. The maximum atomic E-state index is 11.7. The lowest BCUT2D eigenvalue weighted by molar-refractivity contribution is -0.151. The Morgan fingerprint density at radius 2 is 1.89 bits per heavy atom. The van der Waals surface area contributed by atoms with Crippen LogP contribution in [-0.2, 0) is 11.2 Å². The van der Waals surface area contributed by atoms with Crippen LogP contribution < -0.4 is 0 Å². The molecule has 1 aliphatic rings. The topological polar surface area (TPSA) is 37.3 Å². The average Bonchev–Trinajstić information content (AvgIpc) is 2.35. The van der Waals surface area contributed by atoms with Gasteiger partial charge in [-0.3, -0.25) is 4.79 Å². The van der Waals surface area contributed by atoms with Crippen LogP contribution in [0.15, 0.2) is 18.2 Å². The number of benzene rings is 1. The molecule has 0 unspecified atom stereocenters. The van der Waals surface area contributed by atoms with Crippen LogP contribution in [0.5, 0.6) is 0 Å². The van der Waals surface area contributed by atoms with Crippen LogP contribution in [0.3, 0.4) is 0 Å². The Hall–Kier alpha value is -1.31. The van der Waals surface area contributed by atoms with Crippen LogP contribution in [0.25, 0.3) is 0 Å². The number of hydrogen-bond donors (Lipinski definition) is 1. The molecule has 0 radical (unpaired) electrons. The molecule has 0 aliphatic heterocycles. The minimum Gasteiger partial charge on any atom is -0.481 e. The van der Waals surface area contributed by atoms with E-state index in [2.05, 4.69) is 32.0 Å².